The first-order valence-electron chi connectivity index (χ1n) is 6.16. The zero-order valence-electron chi connectivity index (χ0n) is 9.54. The van der Waals surface area contributed by atoms with Gasteiger partial charge in [0.25, 0.3) is 0 Å². The van der Waals surface area contributed by atoms with E-state index in [-0.39, 0.29) is 12.1 Å². The number of aliphatic hydroxyl groups excluding tert-OH is 1. The lowest BCUT2D eigenvalue weighted by Gasteiger charge is -2.48. The van der Waals surface area contributed by atoms with Crippen molar-refractivity contribution in [2.75, 3.05) is 13.2 Å². The third-order valence-electron chi connectivity index (χ3n) is 4.21. The van der Waals surface area contributed by atoms with E-state index in [1.165, 1.54) is 0 Å². The van der Waals surface area contributed by atoms with Crippen molar-refractivity contribution < 1.29 is 9.90 Å². The predicted molar refractivity (Wildman–Crippen MR) is 58.4 cm³/mol. The van der Waals surface area contributed by atoms with E-state index in [2.05, 4.69) is 11.8 Å². The van der Waals surface area contributed by atoms with E-state index < -0.39 is 0 Å². The second-order valence-electron chi connectivity index (χ2n) is 4.92. The largest absolute Gasteiger partial charge is 0.396 e. The molecule has 3 nitrogen and oxygen atoms in total. The van der Waals surface area contributed by atoms with Crippen LogP contribution >= 0.6 is 0 Å². The molecular weight excluding hydrogens is 190 g/mol. The molecule has 0 aromatic rings. The van der Waals surface area contributed by atoms with E-state index in [1.54, 1.807) is 0 Å². The molecule has 0 radical (unpaired) electrons. The first-order valence-corrected chi connectivity index (χ1v) is 6.16. The number of hydrogen-bond acceptors (Lipinski definition) is 2. The van der Waals surface area contributed by atoms with Gasteiger partial charge in [-0.2, -0.15) is 0 Å². The van der Waals surface area contributed by atoms with Crippen molar-refractivity contribution in [1.29, 1.82) is 0 Å². The number of carbonyl (C=O) groups is 1. The summed E-state index contributed by atoms with van der Waals surface area (Å²) in [6.45, 7) is 3.32. The van der Waals surface area contributed by atoms with Crippen LogP contribution in [0.2, 0.25) is 0 Å². The third kappa shape index (κ3) is 1.57. The van der Waals surface area contributed by atoms with Crippen LogP contribution < -0.4 is 0 Å². The Morgan fingerprint density at radius 2 is 2.40 bits per heavy atom. The normalized spacial score (nSPS) is 35.7. The Bertz CT molecular complexity index is 254. The molecule has 2 aliphatic heterocycles. The molecule has 1 amide bonds. The van der Waals surface area contributed by atoms with Gasteiger partial charge in [-0.05, 0) is 25.7 Å². The van der Waals surface area contributed by atoms with Crippen LogP contribution in [0.3, 0.4) is 0 Å². The van der Waals surface area contributed by atoms with E-state index in [0.29, 0.717) is 18.2 Å². The van der Waals surface area contributed by atoms with Gasteiger partial charge in [0.15, 0.2) is 0 Å². The average molecular weight is 211 g/mol. The molecule has 3 heteroatoms. The highest BCUT2D eigenvalue weighted by Gasteiger charge is 2.50. The number of hydrogen-bond donors (Lipinski definition) is 1. The second kappa shape index (κ2) is 4.12. The van der Waals surface area contributed by atoms with Crippen LogP contribution in [-0.2, 0) is 4.79 Å². The van der Waals surface area contributed by atoms with E-state index in [1.807, 2.05) is 0 Å². The quantitative estimate of drug-likeness (QED) is 0.769. The molecule has 2 rings (SSSR count). The number of piperidine rings is 1. The first-order chi connectivity index (χ1) is 7.24. The highest BCUT2D eigenvalue weighted by molar-refractivity contribution is 5.80. The van der Waals surface area contributed by atoms with Gasteiger partial charge in [0, 0.05) is 31.0 Å². The Hall–Kier alpha value is -0.570. The van der Waals surface area contributed by atoms with Crippen molar-refractivity contribution in [3.63, 3.8) is 0 Å². The van der Waals surface area contributed by atoms with Gasteiger partial charge in [-0.25, -0.2) is 0 Å². The zero-order chi connectivity index (χ0) is 10.9. The highest BCUT2D eigenvalue weighted by atomic mass is 16.3. The van der Waals surface area contributed by atoms with Crippen LogP contribution in [0.25, 0.3) is 0 Å². The molecule has 1 N–H and O–H groups in total. The fraction of sp³-hybridized carbons (Fsp3) is 0.917. The summed E-state index contributed by atoms with van der Waals surface area (Å²) in [6, 6.07) is 0. The van der Waals surface area contributed by atoms with Crippen molar-refractivity contribution >= 4 is 5.91 Å². The molecule has 86 valence electrons. The maximum atomic E-state index is 11.8. The number of nitrogens with zero attached hydrogens (tertiary/aromatic N) is 1. The van der Waals surface area contributed by atoms with Gasteiger partial charge < -0.3 is 10.0 Å². The summed E-state index contributed by atoms with van der Waals surface area (Å²) >= 11 is 0. The van der Waals surface area contributed by atoms with Gasteiger partial charge in [-0.1, -0.05) is 13.3 Å². The molecule has 2 fully saturated rings. The summed E-state index contributed by atoms with van der Waals surface area (Å²) in [5.41, 5.74) is 0.0127. The fourth-order valence-electron chi connectivity index (χ4n) is 3.54. The first kappa shape index (κ1) is 10.9. The molecular formula is C12H21NO2. The summed E-state index contributed by atoms with van der Waals surface area (Å²) in [5, 5.41) is 9.48. The predicted octanol–water partition coefficient (Wildman–Crippen LogP) is 1.55. The van der Waals surface area contributed by atoms with E-state index in [0.717, 1.165) is 38.6 Å². The molecule has 2 saturated heterocycles. The summed E-state index contributed by atoms with van der Waals surface area (Å²) < 4.78 is 0. The van der Waals surface area contributed by atoms with Crippen LogP contribution in [0.4, 0.5) is 0 Å². The molecule has 2 aliphatic rings. The maximum absolute atomic E-state index is 11.8. The molecule has 0 unspecified atom stereocenters. The molecule has 0 bridgehead atoms. The number of fused-ring (bicyclic) bond motifs is 1. The van der Waals surface area contributed by atoms with Crippen LogP contribution in [-0.4, -0.2) is 34.6 Å². The SMILES string of the molecule is CCC[C@@]12CCC(=O)N1CCC[C@H]2CO. The summed E-state index contributed by atoms with van der Waals surface area (Å²) in [7, 11) is 0. The molecule has 2 atom stereocenters. The van der Waals surface area contributed by atoms with Crippen molar-refractivity contribution in [3.05, 3.63) is 0 Å². The highest BCUT2D eigenvalue weighted by Crippen LogP contribution is 2.45. The Labute approximate surface area is 91.5 Å². The van der Waals surface area contributed by atoms with Crippen molar-refractivity contribution in [3.8, 4) is 0 Å². The Morgan fingerprint density at radius 1 is 1.60 bits per heavy atom. The number of aliphatic hydroxyl groups is 1. The number of rotatable bonds is 3. The molecule has 0 aromatic heterocycles. The Balaban J connectivity index is 2.26. The number of amides is 1. The van der Waals surface area contributed by atoms with E-state index in [9.17, 15) is 9.90 Å². The van der Waals surface area contributed by atoms with Crippen LogP contribution in [0.1, 0.15) is 45.4 Å². The molecule has 15 heavy (non-hydrogen) atoms. The minimum Gasteiger partial charge on any atom is -0.396 e. The standard InChI is InChI=1S/C12H21NO2/c1-2-6-12-7-5-11(15)13(12)8-3-4-10(12)9-14/h10,14H,2-9H2,1H3/t10-,12-/m0/s1. The van der Waals surface area contributed by atoms with E-state index in [4.69, 9.17) is 0 Å². The van der Waals surface area contributed by atoms with Crippen molar-refractivity contribution in [1.82, 2.24) is 4.90 Å². The zero-order valence-corrected chi connectivity index (χ0v) is 9.54. The van der Waals surface area contributed by atoms with Crippen molar-refractivity contribution in [2.24, 2.45) is 5.92 Å². The number of carbonyl (C=O) groups excluding carboxylic acids is 1. The molecule has 0 aromatic carbocycles. The molecule has 2 heterocycles. The monoisotopic (exact) mass is 211 g/mol. The van der Waals surface area contributed by atoms with Gasteiger partial charge in [0.1, 0.15) is 0 Å². The minimum absolute atomic E-state index is 0.0127. The minimum atomic E-state index is 0.0127. The Morgan fingerprint density at radius 3 is 3.07 bits per heavy atom. The molecule has 0 aliphatic carbocycles. The molecule has 0 saturated carbocycles. The van der Waals surface area contributed by atoms with Gasteiger partial charge in [0.2, 0.25) is 5.91 Å². The van der Waals surface area contributed by atoms with Crippen LogP contribution in [0.15, 0.2) is 0 Å². The third-order valence-corrected chi connectivity index (χ3v) is 4.21. The summed E-state index contributed by atoms with van der Waals surface area (Å²) in [4.78, 5) is 13.9. The second-order valence-corrected chi connectivity index (χ2v) is 4.92. The summed E-state index contributed by atoms with van der Waals surface area (Å²) in [5.74, 6) is 0.624. The lowest BCUT2D eigenvalue weighted by atomic mass is 9.74. The fourth-order valence-corrected chi connectivity index (χ4v) is 3.54. The van der Waals surface area contributed by atoms with Gasteiger partial charge in [-0.15, -0.1) is 0 Å². The smallest absolute Gasteiger partial charge is 0.223 e. The van der Waals surface area contributed by atoms with Gasteiger partial charge >= 0.3 is 0 Å². The lowest BCUT2D eigenvalue weighted by molar-refractivity contribution is -0.136. The maximum Gasteiger partial charge on any atom is 0.223 e. The summed E-state index contributed by atoms with van der Waals surface area (Å²) in [6.07, 6.45) is 5.95. The van der Waals surface area contributed by atoms with Crippen LogP contribution in [0.5, 0.6) is 0 Å². The topological polar surface area (TPSA) is 40.5 Å². The molecule has 0 spiro atoms. The van der Waals surface area contributed by atoms with Gasteiger partial charge in [-0.3, -0.25) is 4.79 Å². The van der Waals surface area contributed by atoms with Gasteiger partial charge in [0.05, 0.1) is 0 Å². The van der Waals surface area contributed by atoms with E-state index >= 15 is 0 Å². The Kier molecular flexibility index (Phi) is 3.01. The van der Waals surface area contributed by atoms with Crippen LogP contribution in [0, 0.1) is 5.92 Å². The average Bonchev–Trinajstić information content (AvgIpc) is 2.57. The van der Waals surface area contributed by atoms with Crippen molar-refractivity contribution in [2.45, 2.75) is 51.0 Å². The lowest BCUT2D eigenvalue weighted by Crippen LogP contribution is -2.55.